The molecule has 4 rings (SSSR count). The van der Waals surface area contributed by atoms with Gasteiger partial charge in [0.15, 0.2) is 0 Å². The molecule has 8 heteroatoms. The van der Waals surface area contributed by atoms with Gasteiger partial charge in [-0.3, -0.25) is 14.2 Å². The minimum Gasteiger partial charge on any atom is -0.383 e. The molecule has 0 saturated heterocycles. The van der Waals surface area contributed by atoms with Crippen molar-refractivity contribution >= 4 is 5.91 Å². The molecule has 0 radical (unpaired) electrons. The highest BCUT2D eigenvalue weighted by molar-refractivity contribution is 5.95. The van der Waals surface area contributed by atoms with Crippen molar-refractivity contribution in [3.63, 3.8) is 0 Å². The predicted molar refractivity (Wildman–Crippen MR) is 126 cm³/mol. The van der Waals surface area contributed by atoms with Crippen LogP contribution >= 0.6 is 0 Å². The van der Waals surface area contributed by atoms with Gasteiger partial charge < -0.3 is 10.4 Å². The van der Waals surface area contributed by atoms with Gasteiger partial charge in [-0.05, 0) is 43.6 Å². The van der Waals surface area contributed by atoms with E-state index in [2.05, 4.69) is 34.6 Å². The van der Waals surface area contributed by atoms with E-state index in [9.17, 15) is 9.90 Å². The van der Waals surface area contributed by atoms with Gasteiger partial charge in [-0.1, -0.05) is 49.4 Å². The van der Waals surface area contributed by atoms with Gasteiger partial charge >= 0.3 is 0 Å². The van der Waals surface area contributed by atoms with E-state index in [0.29, 0.717) is 37.1 Å². The summed E-state index contributed by atoms with van der Waals surface area (Å²) in [5.41, 5.74) is 2.54. The monoisotopic (exact) mass is 450 g/mol. The molecule has 1 aliphatic carbocycles. The standard InChI is InChI=1S/C25H34N6O2/c1-18(16-31-17-22(28-29-31)25(33)12-10-24(2,3)11-13-25)27-23(32)20-15-26-30(4)21(20)14-19-8-6-5-7-9-19/h5-9,15,17-18,33H,10-14,16H2,1-4H3,(H,27,32)/t18-/m1/s1. The summed E-state index contributed by atoms with van der Waals surface area (Å²) in [4.78, 5) is 13.0. The lowest BCUT2D eigenvalue weighted by atomic mass is 9.70. The highest BCUT2D eigenvalue weighted by Gasteiger charge is 2.40. The molecule has 2 heterocycles. The van der Waals surface area contributed by atoms with Gasteiger partial charge in [-0.25, -0.2) is 0 Å². The number of benzene rings is 1. The number of amides is 1. The number of hydrogen-bond donors (Lipinski definition) is 2. The lowest BCUT2D eigenvalue weighted by molar-refractivity contribution is -0.0340. The number of rotatable bonds is 7. The Kier molecular flexibility index (Phi) is 6.38. The maximum absolute atomic E-state index is 13.0. The summed E-state index contributed by atoms with van der Waals surface area (Å²) in [6.07, 6.45) is 7.36. The van der Waals surface area contributed by atoms with Gasteiger partial charge in [0.2, 0.25) is 0 Å². The summed E-state index contributed by atoms with van der Waals surface area (Å²) in [5, 5.41) is 26.9. The van der Waals surface area contributed by atoms with Crippen molar-refractivity contribution in [2.75, 3.05) is 0 Å². The number of aliphatic hydroxyl groups is 1. The summed E-state index contributed by atoms with van der Waals surface area (Å²) in [6.45, 7) is 6.88. The molecular weight excluding hydrogens is 416 g/mol. The smallest absolute Gasteiger partial charge is 0.255 e. The van der Waals surface area contributed by atoms with Crippen molar-refractivity contribution in [3.8, 4) is 0 Å². The molecule has 0 aliphatic heterocycles. The second-order valence-electron chi connectivity index (χ2n) is 10.2. The first kappa shape index (κ1) is 23.2. The first-order chi connectivity index (χ1) is 15.7. The largest absolute Gasteiger partial charge is 0.383 e. The van der Waals surface area contributed by atoms with Crippen LogP contribution in [0.2, 0.25) is 0 Å². The van der Waals surface area contributed by atoms with E-state index in [0.717, 1.165) is 24.1 Å². The van der Waals surface area contributed by atoms with E-state index >= 15 is 0 Å². The van der Waals surface area contributed by atoms with Crippen LogP contribution in [0.1, 0.15) is 73.8 Å². The lowest BCUT2D eigenvalue weighted by Gasteiger charge is -2.39. The molecular formula is C25H34N6O2. The molecule has 176 valence electrons. The van der Waals surface area contributed by atoms with Crippen molar-refractivity contribution in [1.29, 1.82) is 0 Å². The van der Waals surface area contributed by atoms with Crippen LogP contribution in [0.4, 0.5) is 0 Å². The van der Waals surface area contributed by atoms with Crippen LogP contribution in [0.5, 0.6) is 0 Å². The first-order valence-electron chi connectivity index (χ1n) is 11.6. The molecule has 3 aromatic rings. The van der Waals surface area contributed by atoms with Gasteiger partial charge in [-0.15, -0.1) is 5.10 Å². The molecule has 0 bridgehead atoms. The van der Waals surface area contributed by atoms with E-state index in [1.165, 1.54) is 0 Å². The van der Waals surface area contributed by atoms with Gasteiger partial charge in [0.25, 0.3) is 5.91 Å². The third-order valence-corrected chi connectivity index (χ3v) is 6.81. The Bertz CT molecular complexity index is 1090. The van der Waals surface area contributed by atoms with Crippen molar-refractivity contribution in [2.24, 2.45) is 12.5 Å². The molecule has 0 unspecified atom stereocenters. The maximum atomic E-state index is 13.0. The number of carbonyl (C=O) groups excluding carboxylic acids is 1. The zero-order chi connectivity index (χ0) is 23.6. The van der Waals surface area contributed by atoms with Crippen molar-refractivity contribution < 1.29 is 9.90 Å². The zero-order valence-corrected chi connectivity index (χ0v) is 20.0. The van der Waals surface area contributed by atoms with Gasteiger partial charge in [0, 0.05) is 19.5 Å². The molecule has 1 aromatic carbocycles. The molecule has 1 aliphatic rings. The molecule has 1 fully saturated rings. The summed E-state index contributed by atoms with van der Waals surface area (Å²) in [6, 6.07) is 9.87. The molecule has 2 aromatic heterocycles. The highest BCUT2D eigenvalue weighted by atomic mass is 16.3. The van der Waals surface area contributed by atoms with Crippen LogP contribution in [-0.4, -0.2) is 41.8 Å². The molecule has 0 spiro atoms. The van der Waals surface area contributed by atoms with E-state index in [1.807, 2.05) is 50.5 Å². The summed E-state index contributed by atoms with van der Waals surface area (Å²) >= 11 is 0. The fraction of sp³-hybridized carbons (Fsp3) is 0.520. The second kappa shape index (κ2) is 9.09. The molecule has 1 saturated carbocycles. The SMILES string of the molecule is C[C@H](Cn1cc(C2(O)CCC(C)(C)CC2)nn1)NC(=O)c1cnn(C)c1Cc1ccccc1. The van der Waals surface area contributed by atoms with Crippen LogP contribution in [0, 0.1) is 5.41 Å². The fourth-order valence-electron chi connectivity index (χ4n) is 4.48. The van der Waals surface area contributed by atoms with Crippen molar-refractivity contribution in [2.45, 2.75) is 71.1 Å². The summed E-state index contributed by atoms with van der Waals surface area (Å²) in [5.74, 6) is -0.157. The quantitative estimate of drug-likeness (QED) is 0.576. The molecule has 1 amide bonds. The zero-order valence-electron chi connectivity index (χ0n) is 20.0. The average molecular weight is 451 g/mol. The Morgan fingerprint density at radius 2 is 1.88 bits per heavy atom. The number of nitrogens with one attached hydrogen (secondary N) is 1. The van der Waals surface area contributed by atoms with Gasteiger partial charge in [-0.2, -0.15) is 5.10 Å². The predicted octanol–water partition coefficient (Wildman–Crippen LogP) is 3.21. The Morgan fingerprint density at radius 3 is 2.58 bits per heavy atom. The second-order valence-corrected chi connectivity index (χ2v) is 10.2. The topological polar surface area (TPSA) is 97.9 Å². The third-order valence-electron chi connectivity index (χ3n) is 6.81. The number of aryl methyl sites for hydroxylation is 1. The normalized spacial score (nSPS) is 18.1. The van der Waals surface area contributed by atoms with E-state index < -0.39 is 5.60 Å². The Labute approximate surface area is 195 Å². The minimum atomic E-state index is -0.914. The van der Waals surface area contributed by atoms with Crippen LogP contribution in [-0.2, 0) is 25.6 Å². The molecule has 1 atom stereocenters. The lowest BCUT2D eigenvalue weighted by Crippen LogP contribution is -2.36. The number of carbonyl (C=O) groups is 1. The highest BCUT2D eigenvalue weighted by Crippen LogP contribution is 2.44. The van der Waals surface area contributed by atoms with E-state index in [4.69, 9.17) is 0 Å². The summed E-state index contributed by atoms with van der Waals surface area (Å²) < 4.78 is 3.45. The van der Waals surface area contributed by atoms with Crippen LogP contribution in [0.25, 0.3) is 0 Å². The summed E-state index contributed by atoms with van der Waals surface area (Å²) in [7, 11) is 1.85. The Balaban J connectivity index is 1.38. The van der Waals surface area contributed by atoms with E-state index in [-0.39, 0.29) is 17.4 Å². The molecule has 8 nitrogen and oxygen atoms in total. The number of nitrogens with zero attached hydrogens (tertiary/aromatic N) is 5. The minimum absolute atomic E-state index is 0.157. The first-order valence-corrected chi connectivity index (χ1v) is 11.6. The number of hydrogen-bond acceptors (Lipinski definition) is 5. The van der Waals surface area contributed by atoms with Crippen molar-refractivity contribution in [1.82, 2.24) is 30.1 Å². The third kappa shape index (κ3) is 5.33. The average Bonchev–Trinajstić information content (AvgIpc) is 3.39. The molecule has 33 heavy (non-hydrogen) atoms. The van der Waals surface area contributed by atoms with Crippen LogP contribution in [0.15, 0.2) is 42.7 Å². The Morgan fingerprint density at radius 1 is 1.18 bits per heavy atom. The van der Waals surface area contributed by atoms with Crippen LogP contribution in [0.3, 0.4) is 0 Å². The van der Waals surface area contributed by atoms with Gasteiger partial charge in [0.1, 0.15) is 11.3 Å². The number of aromatic nitrogens is 5. The Hall–Kier alpha value is -3.00. The fourth-order valence-corrected chi connectivity index (χ4v) is 4.48. The van der Waals surface area contributed by atoms with Gasteiger partial charge in [0.05, 0.1) is 30.2 Å². The van der Waals surface area contributed by atoms with Crippen molar-refractivity contribution in [3.05, 3.63) is 65.2 Å². The molecule has 2 N–H and O–H groups in total. The van der Waals surface area contributed by atoms with E-state index in [1.54, 1.807) is 15.6 Å². The maximum Gasteiger partial charge on any atom is 0.255 e. The van der Waals surface area contributed by atoms with Crippen LogP contribution < -0.4 is 5.32 Å².